The first-order valence-corrected chi connectivity index (χ1v) is 8.45. The Morgan fingerprint density at radius 3 is 2.69 bits per heavy atom. The fraction of sp³-hybridized carbons (Fsp3) is 0.471. The van der Waals surface area contributed by atoms with E-state index in [0.717, 1.165) is 4.90 Å². The predicted octanol–water partition coefficient (Wildman–Crippen LogP) is 0.272. The smallest absolute Gasteiger partial charge is 0.331 e. The summed E-state index contributed by atoms with van der Waals surface area (Å²) in [6, 6.07) is 5.85. The Morgan fingerprint density at radius 1 is 1.31 bits per heavy atom. The Labute approximate surface area is 151 Å². The summed E-state index contributed by atoms with van der Waals surface area (Å²) >= 11 is 0. The Morgan fingerprint density at radius 2 is 2.08 bits per heavy atom. The van der Waals surface area contributed by atoms with Crippen LogP contribution in [-0.2, 0) is 4.79 Å². The van der Waals surface area contributed by atoms with Crippen LogP contribution in [-0.4, -0.2) is 78.8 Å². The van der Waals surface area contributed by atoms with Gasteiger partial charge in [0.25, 0.3) is 5.91 Å². The molecule has 0 aliphatic carbocycles. The van der Waals surface area contributed by atoms with Gasteiger partial charge >= 0.3 is 12.1 Å². The first-order valence-electron chi connectivity index (χ1n) is 8.45. The monoisotopic (exact) mass is 361 g/mol. The number of hydrogen-bond donors (Lipinski definition) is 3. The summed E-state index contributed by atoms with van der Waals surface area (Å²) in [4.78, 5) is 40.7. The number of carbonyl (C=O) groups is 3. The van der Waals surface area contributed by atoms with Gasteiger partial charge in [0.1, 0.15) is 6.54 Å². The Balaban J connectivity index is 1.63. The molecule has 2 atom stereocenters. The van der Waals surface area contributed by atoms with Gasteiger partial charge in [0.2, 0.25) is 0 Å². The summed E-state index contributed by atoms with van der Waals surface area (Å²) in [6.45, 7) is 0.769. The molecular formula is C17H23N5O4. The molecule has 9 nitrogen and oxygen atoms in total. The molecule has 2 fully saturated rings. The Bertz CT molecular complexity index is 725. The highest BCUT2D eigenvalue weighted by atomic mass is 16.3. The van der Waals surface area contributed by atoms with Crippen molar-refractivity contribution >= 4 is 29.3 Å². The zero-order valence-electron chi connectivity index (χ0n) is 14.8. The zero-order chi connectivity index (χ0) is 18.8. The molecule has 0 bridgehead atoms. The van der Waals surface area contributed by atoms with E-state index in [4.69, 9.17) is 0 Å². The van der Waals surface area contributed by atoms with E-state index in [1.807, 2.05) is 11.9 Å². The van der Waals surface area contributed by atoms with Crippen molar-refractivity contribution in [3.63, 3.8) is 0 Å². The van der Waals surface area contributed by atoms with E-state index < -0.39 is 0 Å². The molecule has 0 aromatic heterocycles. The van der Waals surface area contributed by atoms with Gasteiger partial charge in [-0.2, -0.15) is 0 Å². The van der Waals surface area contributed by atoms with Crippen molar-refractivity contribution in [1.82, 2.24) is 15.1 Å². The second-order valence-corrected chi connectivity index (χ2v) is 6.73. The average molecular weight is 361 g/mol. The fourth-order valence-electron chi connectivity index (χ4n) is 3.35. The molecule has 26 heavy (non-hydrogen) atoms. The molecule has 3 rings (SSSR count). The lowest BCUT2D eigenvalue weighted by Gasteiger charge is -2.16. The first kappa shape index (κ1) is 18.2. The number of imide groups is 1. The summed E-state index contributed by atoms with van der Waals surface area (Å²) in [5.74, 6) is -0.303. The molecule has 9 heteroatoms. The number of benzene rings is 1. The molecule has 0 saturated carbocycles. The zero-order valence-corrected chi connectivity index (χ0v) is 14.8. The van der Waals surface area contributed by atoms with Crippen LogP contribution >= 0.6 is 0 Å². The number of anilines is 2. The van der Waals surface area contributed by atoms with Gasteiger partial charge in [-0.15, -0.1) is 0 Å². The molecule has 0 spiro atoms. The number of aliphatic hydroxyl groups excluding tert-OH is 1. The van der Waals surface area contributed by atoms with E-state index in [0.29, 0.717) is 24.3 Å². The molecule has 2 aliphatic rings. The van der Waals surface area contributed by atoms with E-state index in [1.54, 1.807) is 31.3 Å². The minimum Gasteiger partial charge on any atom is -0.395 e. The summed E-state index contributed by atoms with van der Waals surface area (Å²) in [5, 5.41) is 14.9. The van der Waals surface area contributed by atoms with Crippen LogP contribution < -0.4 is 15.5 Å². The van der Waals surface area contributed by atoms with E-state index >= 15 is 0 Å². The lowest BCUT2D eigenvalue weighted by molar-refractivity contribution is -0.116. The largest absolute Gasteiger partial charge is 0.395 e. The molecule has 1 aromatic rings. The third kappa shape index (κ3) is 3.63. The van der Waals surface area contributed by atoms with Gasteiger partial charge in [-0.05, 0) is 31.7 Å². The number of hydrogen-bond acceptors (Lipinski definition) is 5. The number of nitrogens with zero attached hydrogens (tertiary/aromatic N) is 3. The van der Waals surface area contributed by atoms with Crippen LogP contribution in [0.4, 0.5) is 21.0 Å². The highest BCUT2D eigenvalue weighted by molar-refractivity contribution is 6.19. The van der Waals surface area contributed by atoms with Crippen LogP contribution in [0.25, 0.3) is 0 Å². The third-order valence-corrected chi connectivity index (χ3v) is 4.74. The van der Waals surface area contributed by atoms with Gasteiger partial charge in [-0.25, -0.2) is 14.5 Å². The van der Waals surface area contributed by atoms with E-state index in [-0.39, 0.29) is 43.2 Å². The third-order valence-electron chi connectivity index (χ3n) is 4.74. The minimum atomic E-state index is -0.388. The topological polar surface area (TPSA) is 105 Å². The Hall–Kier alpha value is -2.65. The maximum atomic E-state index is 12.2. The molecular weight excluding hydrogens is 338 g/mol. The predicted molar refractivity (Wildman–Crippen MR) is 96.0 cm³/mol. The standard InChI is InChI=1S/C17H23N5O4/c1-20-8-12(7-14(20)10-23)19-16(25)18-11-4-3-5-13(6-11)22-15(24)9-21(2)17(22)26/h3-6,12,14,23H,7-10H2,1-2H3,(H2,18,19,25)/t12-,14+/m1/s1. The SMILES string of the molecule is CN1CC(=O)N(c2cccc(NC(=O)N[C@@H]3C[C@@H](CO)N(C)C3)c2)C1=O. The molecule has 2 aliphatic heterocycles. The number of likely N-dealkylation sites (N-methyl/N-ethyl adjacent to an activating group) is 2. The minimum absolute atomic E-state index is 0.0399. The second-order valence-electron chi connectivity index (χ2n) is 6.73. The van der Waals surface area contributed by atoms with Gasteiger partial charge in [0.05, 0.1) is 12.3 Å². The quantitative estimate of drug-likeness (QED) is 0.668. The molecule has 140 valence electrons. The van der Waals surface area contributed by atoms with Gasteiger partial charge in [-0.3, -0.25) is 9.69 Å². The van der Waals surface area contributed by atoms with Crippen molar-refractivity contribution < 1.29 is 19.5 Å². The van der Waals surface area contributed by atoms with Crippen molar-refractivity contribution in [3.8, 4) is 0 Å². The number of carbonyl (C=O) groups excluding carboxylic acids is 3. The van der Waals surface area contributed by atoms with Gasteiger partial charge < -0.3 is 20.6 Å². The fourth-order valence-corrected chi connectivity index (χ4v) is 3.35. The first-order chi connectivity index (χ1) is 12.4. The molecule has 1 aromatic carbocycles. The summed E-state index contributed by atoms with van der Waals surface area (Å²) in [6.07, 6.45) is 0.684. The lowest BCUT2D eigenvalue weighted by Crippen LogP contribution is -2.39. The second kappa shape index (κ2) is 7.30. The molecule has 0 radical (unpaired) electrons. The van der Waals surface area contributed by atoms with Crippen LogP contribution in [0, 0.1) is 0 Å². The van der Waals surface area contributed by atoms with Gasteiger partial charge in [0.15, 0.2) is 0 Å². The van der Waals surface area contributed by atoms with Crippen LogP contribution in [0.5, 0.6) is 0 Å². The number of amides is 5. The van der Waals surface area contributed by atoms with E-state index in [1.165, 1.54) is 4.90 Å². The summed E-state index contributed by atoms with van der Waals surface area (Å²) in [7, 11) is 3.47. The van der Waals surface area contributed by atoms with Crippen LogP contribution in [0.2, 0.25) is 0 Å². The molecule has 2 heterocycles. The molecule has 2 saturated heterocycles. The van der Waals surface area contributed by atoms with Crippen molar-refractivity contribution in [1.29, 1.82) is 0 Å². The molecule has 3 N–H and O–H groups in total. The van der Waals surface area contributed by atoms with Gasteiger partial charge in [0, 0.05) is 31.4 Å². The highest BCUT2D eigenvalue weighted by Gasteiger charge is 2.35. The van der Waals surface area contributed by atoms with E-state index in [9.17, 15) is 19.5 Å². The lowest BCUT2D eigenvalue weighted by atomic mass is 10.2. The molecule has 0 unspecified atom stereocenters. The average Bonchev–Trinajstić information content (AvgIpc) is 3.06. The van der Waals surface area contributed by atoms with E-state index in [2.05, 4.69) is 10.6 Å². The van der Waals surface area contributed by atoms with Gasteiger partial charge in [-0.1, -0.05) is 6.07 Å². The number of aliphatic hydroxyl groups is 1. The summed E-state index contributed by atoms with van der Waals surface area (Å²) < 4.78 is 0. The number of rotatable bonds is 4. The maximum Gasteiger partial charge on any atom is 0.331 e. The van der Waals surface area contributed by atoms with Crippen molar-refractivity contribution in [2.75, 3.05) is 44.0 Å². The Kier molecular flexibility index (Phi) is 5.10. The number of likely N-dealkylation sites (tertiary alicyclic amines) is 1. The van der Waals surface area contributed by atoms with Crippen LogP contribution in [0.3, 0.4) is 0 Å². The highest BCUT2D eigenvalue weighted by Crippen LogP contribution is 2.24. The van der Waals surface area contributed by atoms with Crippen molar-refractivity contribution in [3.05, 3.63) is 24.3 Å². The molecule has 5 amide bonds. The normalized spacial score (nSPS) is 23.7. The van der Waals surface area contributed by atoms with Crippen molar-refractivity contribution in [2.24, 2.45) is 0 Å². The number of urea groups is 2. The maximum absolute atomic E-state index is 12.2. The summed E-state index contributed by atoms with van der Waals surface area (Å²) in [5.41, 5.74) is 0.906. The van der Waals surface area contributed by atoms with Crippen molar-refractivity contribution in [2.45, 2.75) is 18.5 Å². The number of nitrogens with one attached hydrogen (secondary N) is 2. The van der Waals surface area contributed by atoms with Crippen LogP contribution in [0.1, 0.15) is 6.42 Å². The van der Waals surface area contributed by atoms with Crippen LogP contribution in [0.15, 0.2) is 24.3 Å².